The van der Waals surface area contributed by atoms with Gasteiger partial charge in [0.15, 0.2) is 0 Å². The zero-order valence-electron chi connectivity index (χ0n) is 12.1. The van der Waals surface area contributed by atoms with Crippen molar-refractivity contribution >= 4 is 17.5 Å². The molecule has 1 heterocycles. The van der Waals surface area contributed by atoms with Crippen molar-refractivity contribution in [2.45, 2.75) is 39.7 Å². The second kappa shape index (κ2) is 7.56. The molecule has 1 aromatic rings. The Balaban J connectivity index is 2.74. The zero-order valence-corrected chi connectivity index (χ0v) is 12.1. The van der Waals surface area contributed by atoms with Gasteiger partial charge in [-0.3, -0.25) is 4.79 Å². The highest BCUT2D eigenvalue weighted by Crippen LogP contribution is 2.20. The van der Waals surface area contributed by atoms with Gasteiger partial charge in [-0.15, -0.1) is 0 Å². The predicted octanol–water partition coefficient (Wildman–Crippen LogP) is 1.41. The van der Waals surface area contributed by atoms with Gasteiger partial charge in [-0.2, -0.15) is 0 Å². The first-order valence-electron chi connectivity index (χ1n) is 6.63. The topological polar surface area (TPSA) is 78.9 Å². The summed E-state index contributed by atoms with van der Waals surface area (Å²) in [6.45, 7) is 6.19. The van der Waals surface area contributed by atoms with Gasteiger partial charge >= 0.3 is 0 Å². The molecule has 0 aromatic carbocycles. The molecule has 1 aromatic heterocycles. The molecule has 0 aliphatic heterocycles. The van der Waals surface area contributed by atoms with Gasteiger partial charge in [-0.1, -0.05) is 13.3 Å². The summed E-state index contributed by atoms with van der Waals surface area (Å²) in [5.41, 5.74) is 1.02. The van der Waals surface area contributed by atoms with E-state index in [2.05, 4.69) is 32.8 Å². The summed E-state index contributed by atoms with van der Waals surface area (Å²) in [6, 6.07) is 0.141. The van der Waals surface area contributed by atoms with Crippen LogP contribution in [-0.4, -0.2) is 35.5 Å². The Morgan fingerprint density at radius 2 is 2.00 bits per heavy atom. The Morgan fingerprint density at radius 1 is 1.32 bits per heavy atom. The third-order valence-electron chi connectivity index (χ3n) is 2.55. The largest absolute Gasteiger partial charge is 0.373 e. The number of nitrogens with zero attached hydrogens (tertiary/aromatic N) is 2. The smallest absolute Gasteiger partial charge is 0.239 e. The van der Waals surface area contributed by atoms with Crippen molar-refractivity contribution < 1.29 is 4.79 Å². The van der Waals surface area contributed by atoms with Gasteiger partial charge in [0.25, 0.3) is 0 Å². The molecule has 0 radical (unpaired) electrons. The number of amides is 1. The molecule has 0 spiro atoms. The van der Waals surface area contributed by atoms with E-state index in [1.54, 1.807) is 0 Å². The molecule has 0 aliphatic rings. The van der Waals surface area contributed by atoms with Crippen LogP contribution in [0.3, 0.4) is 0 Å². The van der Waals surface area contributed by atoms with Crippen molar-refractivity contribution in [2.24, 2.45) is 0 Å². The Morgan fingerprint density at radius 3 is 2.58 bits per heavy atom. The van der Waals surface area contributed by atoms with E-state index in [0.717, 1.165) is 30.0 Å². The van der Waals surface area contributed by atoms with Crippen LogP contribution >= 0.6 is 0 Å². The monoisotopic (exact) mass is 265 g/mol. The molecule has 0 aliphatic carbocycles. The molecular formula is C13H23N5O. The van der Waals surface area contributed by atoms with E-state index < -0.39 is 0 Å². The van der Waals surface area contributed by atoms with Crippen LogP contribution in [-0.2, 0) is 11.2 Å². The van der Waals surface area contributed by atoms with Crippen molar-refractivity contribution in [2.75, 3.05) is 24.2 Å². The van der Waals surface area contributed by atoms with E-state index >= 15 is 0 Å². The lowest BCUT2D eigenvalue weighted by molar-refractivity contribution is -0.119. The second-order valence-corrected chi connectivity index (χ2v) is 4.63. The van der Waals surface area contributed by atoms with Crippen molar-refractivity contribution in [1.29, 1.82) is 0 Å². The summed E-state index contributed by atoms with van der Waals surface area (Å²) in [5, 5.41) is 8.96. The van der Waals surface area contributed by atoms with Gasteiger partial charge in [0.2, 0.25) is 5.91 Å². The summed E-state index contributed by atoms with van der Waals surface area (Å²) in [6.07, 6.45) is 3.35. The molecule has 0 unspecified atom stereocenters. The maximum Gasteiger partial charge on any atom is 0.239 e. The average Bonchev–Trinajstić information content (AvgIpc) is 2.37. The summed E-state index contributed by atoms with van der Waals surface area (Å²) in [7, 11) is 1.83. The number of hydrogen-bond acceptors (Lipinski definition) is 5. The maximum atomic E-state index is 11.6. The molecule has 0 bridgehead atoms. The van der Waals surface area contributed by atoms with Crippen LogP contribution in [0.25, 0.3) is 0 Å². The normalized spacial score (nSPS) is 10.4. The molecule has 1 rings (SSSR count). The number of rotatable bonds is 7. The van der Waals surface area contributed by atoms with Crippen LogP contribution in [0.5, 0.6) is 0 Å². The number of carbonyl (C=O) groups is 1. The number of anilines is 2. The Labute approximate surface area is 114 Å². The molecule has 0 saturated heterocycles. The molecule has 0 atom stereocenters. The van der Waals surface area contributed by atoms with Crippen LogP contribution in [0.4, 0.5) is 11.6 Å². The van der Waals surface area contributed by atoms with E-state index in [1.165, 1.54) is 6.33 Å². The Kier molecular flexibility index (Phi) is 6.05. The lowest BCUT2D eigenvalue weighted by atomic mass is 10.1. The van der Waals surface area contributed by atoms with E-state index in [9.17, 15) is 4.79 Å². The maximum absolute atomic E-state index is 11.6. The third kappa shape index (κ3) is 4.73. The van der Waals surface area contributed by atoms with Crippen molar-refractivity contribution in [1.82, 2.24) is 15.3 Å². The van der Waals surface area contributed by atoms with Crippen LogP contribution in [0.15, 0.2) is 6.33 Å². The highest BCUT2D eigenvalue weighted by Gasteiger charge is 2.11. The van der Waals surface area contributed by atoms with Crippen LogP contribution < -0.4 is 16.0 Å². The lowest BCUT2D eigenvalue weighted by Gasteiger charge is -2.14. The molecule has 6 heteroatoms. The van der Waals surface area contributed by atoms with E-state index in [-0.39, 0.29) is 18.5 Å². The molecule has 0 fully saturated rings. The SMILES string of the molecule is CCCc1c(NC)ncnc1NCC(=O)NC(C)C. The molecule has 3 N–H and O–H groups in total. The molecule has 106 valence electrons. The van der Waals surface area contributed by atoms with Gasteiger partial charge in [-0.05, 0) is 20.3 Å². The van der Waals surface area contributed by atoms with Gasteiger partial charge in [0, 0.05) is 18.7 Å². The summed E-state index contributed by atoms with van der Waals surface area (Å²) < 4.78 is 0. The molecule has 6 nitrogen and oxygen atoms in total. The molecule has 19 heavy (non-hydrogen) atoms. The van der Waals surface area contributed by atoms with Crippen molar-refractivity contribution in [3.8, 4) is 0 Å². The van der Waals surface area contributed by atoms with Gasteiger partial charge in [0.1, 0.15) is 18.0 Å². The number of nitrogens with one attached hydrogen (secondary N) is 3. The second-order valence-electron chi connectivity index (χ2n) is 4.63. The summed E-state index contributed by atoms with van der Waals surface area (Å²) >= 11 is 0. The summed E-state index contributed by atoms with van der Waals surface area (Å²) in [5.74, 6) is 1.49. The third-order valence-corrected chi connectivity index (χ3v) is 2.55. The van der Waals surface area contributed by atoms with Crippen molar-refractivity contribution in [3.05, 3.63) is 11.9 Å². The van der Waals surface area contributed by atoms with Crippen LogP contribution in [0.2, 0.25) is 0 Å². The average molecular weight is 265 g/mol. The highest BCUT2D eigenvalue weighted by molar-refractivity contribution is 5.81. The van der Waals surface area contributed by atoms with E-state index in [1.807, 2.05) is 20.9 Å². The Hall–Kier alpha value is -1.85. The Bertz CT molecular complexity index is 419. The first-order chi connectivity index (χ1) is 9.08. The number of carbonyl (C=O) groups excluding carboxylic acids is 1. The van der Waals surface area contributed by atoms with Gasteiger partial charge in [0.05, 0.1) is 6.54 Å². The van der Waals surface area contributed by atoms with E-state index in [4.69, 9.17) is 0 Å². The minimum atomic E-state index is -0.0398. The highest BCUT2D eigenvalue weighted by atomic mass is 16.1. The predicted molar refractivity (Wildman–Crippen MR) is 77.3 cm³/mol. The summed E-state index contributed by atoms with van der Waals surface area (Å²) in [4.78, 5) is 20.0. The van der Waals surface area contributed by atoms with Crippen molar-refractivity contribution in [3.63, 3.8) is 0 Å². The fourth-order valence-electron chi connectivity index (χ4n) is 1.80. The lowest BCUT2D eigenvalue weighted by Crippen LogP contribution is -2.35. The first kappa shape index (κ1) is 15.2. The molecular weight excluding hydrogens is 242 g/mol. The zero-order chi connectivity index (χ0) is 14.3. The molecule has 1 amide bonds. The fraction of sp³-hybridized carbons (Fsp3) is 0.615. The standard InChI is InChI=1S/C13H23N5O/c1-5-6-10-12(14-4)16-8-17-13(10)15-7-11(19)18-9(2)3/h8-9H,5-7H2,1-4H3,(H,18,19)(H2,14,15,16,17). The van der Waals surface area contributed by atoms with Crippen LogP contribution in [0, 0.1) is 0 Å². The quantitative estimate of drug-likeness (QED) is 0.694. The minimum Gasteiger partial charge on any atom is -0.373 e. The minimum absolute atomic E-state index is 0.0398. The first-order valence-corrected chi connectivity index (χ1v) is 6.63. The fourth-order valence-corrected chi connectivity index (χ4v) is 1.80. The van der Waals surface area contributed by atoms with Crippen LogP contribution in [0.1, 0.15) is 32.8 Å². The van der Waals surface area contributed by atoms with Gasteiger partial charge < -0.3 is 16.0 Å². The van der Waals surface area contributed by atoms with E-state index in [0.29, 0.717) is 0 Å². The number of hydrogen-bond donors (Lipinski definition) is 3. The number of aromatic nitrogens is 2. The van der Waals surface area contributed by atoms with Gasteiger partial charge in [-0.25, -0.2) is 9.97 Å². The molecule has 0 saturated carbocycles.